The van der Waals surface area contributed by atoms with Gasteiger partial charge >= 0.3 is 5.97 Å². The monoisotopic (exact) mass is 226 g/mol. The number of rotatable bonds is 6. The van der Waals surface area contributed by atoms with Crippen molar-refractivity contribution in [1.29, 1.82) is 0 Å². The summed E-state index contributed by atoms with van der Waals surface area (Å²) in [5.41, 5.74) is 0.461. The second-order valence-corrected chi connectivity index (χ2v) is 3.26. The van der Waals surface area contributed by atoms with Crippen LogP contribution in [0.15, 0.2) is 24.3 Å². The van der Waals surface area contributed by atoms with Gasteiger partial charge in [-0.15, -0.1) is 0 Å². The van der Waals surface area contributed by atoms with Gasteiger partial charge in [-0.05, 0) is 24.1 Å². The van der Waals surface area contributed by atoms with Gasteiger partial charge in [0.05, 0.1) is 6.61 Å². The van der Waals surface area contributed by atoms with Crippen LogP contribution in [-0.2, 0) is 9.53 Å². The maximum absolute atomic E-state index is 10.9. The molecule has 0 fully saturated rings. The quantitative estimate of drug-likeness (QED) is 0.628. The van der Waals surface area contributed by atoms with Crippen LogP contribution in [0.5, 0.6) is 5.75 Å². The third-order valence-corrected chi connectivity index (χ3v) is 2.01. The van der Waals surface area contributed by atoms with Gasteiger partial charge in [0, 0.05) is 6.61 Å². The molecule has 0 saturated carbocycles. The number of aliphatic hydroxyl groups excluding tert-OH is 1. The van der Waals surface area contributed by atoms with Crippen LogP contribution < -0.4 is 0 Å². The van der Waals surface area contributed by atoms with E-state index in [-0.39, 0.29) is 19.0 Å². The predicted molar refractivity (Wildman–Crippen MR) is 56.1 cm³/mol. The van der Waals surface area contributed by atoms with E-state index in [2.05, 4.69) is 0 Å². The minimum Gasteiger partial charge on any atom is -0.508 e. The number of aromatic hydroxyl groups is 1. The standard InChI is InChI=1S/C11H14O5/c12-6-1-7-16-10(11(14)15)8-2-4-9(13)5-3-8/h2-5,10,12-13H,1,6-7H2,(H,14,15). The molecule has 1 aromatic rings. The van der Waals surface area contributed by atoms with Crippen molar-refractivity contribution in [2.24, 2.45) is 0 Å². The topological polar surface area (TPSA) is 87.0 Å². The van der Waals surface area contributed by atoms with Gasteiger partial charge in [0.2, 0.25) is 0 Å². The lowest BCUT2D eigenvalue weighted by Crippen LogP contribution is -2.16. The summed E-state index contributed by atoms with van der Waals surface area (Å²) in [6, 6.07) is 5.79. The maximum atomic E-state index is 10.9. The summed E-state index contributed by atoms with van der Waals surface area (Å²) in [6.07, 6.45) is -0.672. The molecular formula is C11H14O5. The third kappa shape index (κ3) is 3.52. The zero-order valence-corrected chi connectivity index (χ0v) is 8.67. The van der Waals surface area contributed by atoms with Crippen molar-refractivity contribution >= 4 is 5.97 Å². The van der Waals surface area contributed by atoms with Gasteiger partial charge < -0.3 is 20.1 Å². The molecular weight excluding hydrogens is 212 g/mol. The fourth-order valence-electron chi connectivity index (χ4n) is 1.22. The van der Waals surface area contributed by atoms with Gasteiger partial charge in [-0.25, -0.2) is 4.79 Å². The number of phenols is 1. The number of aliphatic hydroxyl groups is 1. The molecule has 0 bridgehead atoms. The largest absolute Gasteiger partial charge is 0.508 e. The van der Waals surface area contributed by atoms with Gasteiger partial charge in [0.25, 0.3) is 0 Å². The van der Waals surface area contributed by atoms with E-state index < -0.39 is 12.1 Å². The number of benzene rings is 1. The molecule has 1 aromatic carbocycles. The number of carbonyl (C=O) groups is 1. The van der Waals surface area contributed by atoms with Crippen LogP contribution in [0.2, 0.25) is 0 Å². The molecule has 0 aromatic heterocycles. The number of hydrogen-bond donors (Lipinski definition) is 3. The summed E-state index contributed by atoms with van der Waals surface area (Å²) >= 11 is 0. The van der Waals surface area contributed by atoms with Crippen molar-refractivity contribution in [3.05, 3.63) is 29.8 Å². The Kier molecular flexibility index (Phi) is 4.75. The third-order valence-electron chi connectivity index (χ3n) is 2.01. The zero-order valence-electron chi connectivity index (χ0n) is 8.67. The van der Waals surface area contributed by atoms with Gasteiger partial charge in [-0.3, -0.25) is 0 Å². The number of carboxylic acids is 1. The molecule has 0 heterocycles. The second kappa shape index (κ2) is 6.09. The summed E-state index contributed by atoms with van der Waals surface area (Å²) in [5.74, 6) is -1.02. The lowest BCUT2D eigenvalue weighted by Gasteiger charge is -2.13. The van der Waals surface area contributed by atoms with Crippen LogP contribution in [0, 0.1) is 0 Å². The van der Waals surface area contributed by atoms with Crippen LogP contribution in [0.3, 0.4) is 0 Å². The molecule has 3 N–H and O–H groups in total. The number of phenolic OH excluding ortho intramolecular Hbond substituents is 1. The highest BCUT2D eigenvalue weighted by Gasteiger charge is 2.19. The van der Waals surface area contributed by atoms with Gasteiger partial charge in [-0.1, -0.05) is 12.1 Å². The lowest BCUT2D eigenvalue weighted by atomic mass is 10.1. The minimum absolute atomic E-state index is 0.0398. The molecule has 1 unspecified atom stereocenters. The number of carboxylic acid groups (broad SMARTS) is 1. The number of aliphatic carboxylic acids is 1. The van der Waals surface area contributed by atoms with Crippen molar-refractivity contribution in [2.45, 2.75) is 12.5 Å². The Labute approximate surface area is 92.9 Å². The molecule has 0 amide bonds. The Hall–Kier alpha value is -1.59. The van der Waals surface area contributed by atoms with E-state index in [0.29, 0.717) is 12.0 Å². The molecule has 0 aliphatic carbocycles. The first-order chi connectivity index (χ1) is 7.65. The fraction of sp³-hybridized carbons (Fsp3) is 0.364. The number of ether oxygens (including phenoxy) is 1. The van der Waals surface area contributed by atoms with E-state index in [1.165, 1.54) is 24.3 Å². The van der Waals surface area contributed by atoms with E-state index in [1.54, 1.807) is 0 Å². The van der Waals surface area contributed by atoms with Crippen LogP contribution in [0.4, 0.5) is 0 Å². The smallest absolute Gasteiger partial charge is 0.337 e. The molecule has 1 atom stereocenters. The molecule has 5 heteroatoms. The van der Waals surface area contributed by atoms with Crippen molar-refractivity contribution in [3.63, 3.8) is 0 Å². The Morgan fingerprint density at radius 2 is 1.94 bits per heavy atom. The van der Waals surface area contributed by atoms with Crippen LogP contribution in [0.25, 0.3) is 0 Å². The molecule has 0 radical (unpaired) electrons. The molecule has 1 rings (SSSR count). The van der Waals surface area contributed by atoms with Gasteiger partial charge in [-0.2, -0.15) is 0 Å². The second-order valence-electron chi connectivity index (χ2n) is 3.26. The first-order valence-electron chi connectivity index (χ1n) is 4.89. The minimum atomic E-state index is -1.09. The highest BCUT2D eigenvalue weighted by Crippen LogP contribution is 2.20. The van der Waals surface area contributed by atoms with Crippen LogP contribution in [0.1, 0.15) is 18.1 Å². The summed E-state index contributed by atoms with van der Waals surface area (Å²) < 4.78 is 5.13. The number of hydrogen-bond acceptors (Lipinski definition) is 4. The Morgan fingerprint density at radius 3 is 2.44 bits per heavy atom. The van der Waals surface area contributed by atoms with Crippen LogP contribution >= 0.6 is 0 Å². The molecule has 0 spiro atoms. The highest BCUT2D eigenvalue weighted by molar-refractivity contribution is 5.74. The van der Waals surface area contributed by atoms with E-state index in [4.69, 9.17) is 20.1 Å². The van der Waals surface area contributed by atoms with Crippen molar-refractivity contribution in [1.82, 2.24) is 0 Å². The van der Waals surface area contributed by atoms with E-state index in [9.17, 15) is 4.79 Å². The summed E-state index contributed by atoms with van der Waals surface area (Å²) in [7, 11) is 0. The summed E-state index contributed by atoms with van der Waals surface area (Å²) in [6.45, 7) is 0.135. The average molecular weight is 226 g/mol. The normalized spacial score (nSPS) is 12.3. The molecule has 0 saturated heterocycles. The Bertz CT molecular complexity index is 333. The first kappa shape index (κ1) is 12.5. The van der Waals surface area contributed by atoms with E-state index >= 15 is 0 Å². The Morgan fingerprint density at radius 1 is 1.31 bits per heavy atom. The van der Waals surface area contributed by atoms with Crippen LogP contribution in [-0.4, -0.2) is 34.5 Å². The molecule has 88 valence electrons. The van der Waals surface area contributed by atoms with Crippen molar-refractivity contribution < 1.29 is 24.9 Å². The average Bonchev–Trinajstić information content (AvgIpc) is 2.26. The summed E-state index contributed by atoms with van der Waals surface area (Å²) in [4.78, 5) is 10.9. The van der Waals surface area contributed by atoms with E-state index in [0.717, 1.165) is 0 Å². The molecule has 0 aliphatic rings. The molecule has 16 heavy (non-hydrogen) atoms. The first-order valence-corrected chi connectivity index (χ1v) is 4.89. The predicted octanol–water partition coefficient (Wildman–Crippen LogP) is 0.917. The summed E-state index contributed by atoms with van der Waals surface area (Å²) in [5, 5.41) is 26.6. The van der Waals surface area contributed by atoms with Gasteiger partial charge in [0.1, 0.15) is 5.75 Å². The fourth-order valence-corrected chi connectivity index (χ4v) is 1.22. The molecule has 0 aliphatic heterocycles. The van der Waals surface area contributed by atoms with Crippen molar-refractivity contribution in [2.75, 3.05) is 13.2 Å². The zero-order chi connectivity index (χ0) is 12.0. The Balaban J connectivity index is 2.69. The van der Waals surface area contributed by atoms with Gasteiger partial charge in [0.15, 0.2) is 6.10 Å². The highest BCUT2D eigenvalue weighted by atomic mass is 16.5. The lowest BCUT2D eigenvalue weighted by molar-refractivity contribution is -0.151. The van der Waals surface area contributed by atoms with E-state index in [1.807, 2.05) is 0 Å². The SMILES string of the molecule is O=C(O)C(OCCCO)c1ccc(O)cc1. The van der Waals surface area contributed by atoms with Crippen molar-refractivity contribution in [3.8, 4) is 5.75 Å². The molecule has 5 nitrogen and oxygen atoms in total. The maximum Gasteiger partial charge on any atom is 0.337 e.